The average Bonchev–Trinajstić information content (AvgIpc) is 2.37. The van der Waals surface area contributed by atoms with Gasteiger partial charge in [0, 0.05) is 29.8 Å². The first-order valence-electron chi connectivity index (χ1n) is 7.78. The monoisotopic (exact) mass is 294 g/mol. The summed E-state index contributed by atoms with van der Waals surface area (Å²) in [6.45, 7) is 10.2. The minimum absolute atomic E-state index is 0.594. The molecule has 0 aromatic heterocycles. The third kappa shape index (κ3) is 4.68. The van der Waals surface area contributed by atoms with Crippen LogP contribution in [-0.4, -0.2) is 25.7 Å². The van der Waals surface area contributed by atoms with Crippen LogP contribution < -0.4 is 10.2 Å². The van der Waals surface area contributed by atoms with Gasteiger partial charge in [-0.1, -0.05) is 38.4 Å². The highest BCUT2D eigenvalue weighted by atomic mass is 35.5. The topological polar surface area (TPSA) is 15.3 Å². The summed E-state index contributed by atoms with van der Waals surface area (Å²) in [6.07, 6.45) is 2.53. The minimum Gasteiger partial charge on any atom is -0.370 e. The Hall–Kier alpha value is -0.730. The number of hydrogen-bond donors (Lipinski definition) is 1. The largest absolute Gasteiger partial charge is 0.370 e. The number of halogens is 1. The molecule has 1 fully saturated rings. The molecule has 2 rings (SSSR count). The molecule has 1 aromatic rings. The van der Waals surface area contributed by atoms with Crippen LogP contribution in [0.4, 0.5) is 5.69 Å². The van der Waals surface area contributed by atoms with Crippen LogP contribution in [0.25, 0.3) is 0 Å². The third-order valence-corrected chi connectivity index (χ3v) is 4.22. The molecule has 1 aliphatic rings. The number of nitrogens with zero attached hydrogens (tertiary/aromatic N) is 1. The van der Waals surface area contributed by atoms with E-state index in [2.05, 4.69) is 43.1 Å². The Morgan fingerprint density at radius 2 is 2.15 bits per heavy atom. The van der Waals surface area contributed by atoms with Crippen LogP contribution in [0, 0.1) is 11.8 Å². The van der Waals surface area contributed by atoms with Crippen molar-refractivity contribution in [3.05, 3.63) is 29.3 Å². The van der Waals surface area contributed by atoms with E-state index < -0.39 is 0 Å². The molecule has 20 heavy (non-hydrogen) atoms. The molecular weight excluding hydrogens is 268 g/mol. The Labute approximate surface area is 128 Å². The molecule has 0 saturated carbocycles. The van der Waals surface area contributed by atoms with Gasteiger partial charge in [0.05, 0.1) is 0 Å². The van der Waals surface area contributed by atoms with Crippen LogP contribution in [0.2, 0.25) is 5.02 Å². The number of anilines is 1. The van der Waals surface area contributed by atoms with Gasteiger partial charge >= 0.3 is 0 Å². The summed E-state index contributed by atoms with van der Waals surface area (Å²) in [4.78, 5) is 2.47. The van der Waals surface area contributed by atoms with Gasteiger partial charge in [0.15, 0.2) is 0 Å². The number of nitrogens with one attached hydrogen (secondary N) is 1. The first kappa shape index (κ1) is 15.7. The summed E-state index contributed by atoms with van der Waals surface area (Å²) in [5, 5.41) is 4.55. The van der Waals surface area contributed by atoms with Crippen molar-refractivity contribution in [3.8, 4) is 0 Å². The quantitative estimate of drug-likeness (QED) is 0.876. The molecule has 0 radical (unpaired) electrons. The van der Waals surface area contributed by atoms with Crippen molar-refractivity contribution in [2.24, 2.45) is 11.8 Å². The van der Waals surface area contributed by atoms with Gasteiger partial charge in [-0.25, -0.2) is 0 Å². The van der Waals surface area contributed by atoms with E-state index in [1.54, 1.807) is 0 Å². The van der Waals surface area contributed by atoms with Crippen LogP contribution in [0.15, 0.2) is 24.3 Å². The number of rotatable bonds is 5. The zero-order valence-electron chi connectivity index (χ0n) is 12.9. The van der Waals surface area contributed by atoms with Crippen molar-refractivity contribution in [2.75, 3.05) is 24.5 Å². The lowest BCUT2D eigenvalue weighted by Crippen LogP contribution is -2.49. The van der Waals surface area contributed by atoms with Crippen molar-refractivity contribution in [2.45, 2.75) is 39.7 Å². The fraction of sp³-hybridized carbons (Fsp3) is 0.647. The second kappa shape index (κ2) is 7.33. The molecule has 1 aromatic carbocycles. The van der Waals surface area contributed by atoms with Crippen molar-refractivity contribution in [3.63, 3.8) is 0 Å². The Kier molecular flexibility index (Phi) is 5.74. The molecule has 2 unspecified atom stereocenters. The van der Waals surface area contributed by atoms with Crippen LogP contribution >= 0.6 is 11.6 Å². The summed E-state index contributed by atoms with van der Waals surface area (Å²) in [5.41, 5.74) is 1.25. The Balaban J connectivity index is 1.94. The molecule has 0 bridgehead atoms. The lowest BCUT2D eigenvalue weighted by molar-refractivity contribution is 0.344. The second-order valence-electron chi connectivity index (χ2n) is 6.56. The van der Waals surface area contributed by atoms with Crippen molar-refractivity contribution in [1.29, 1.82) is 0 Å². The predicted molar refractivity (Wildman–Crippen MR) is 88.7 cm³/mol. The van der Waals surface area contributed by atoms with Crippen molar-refractivity contribution in [1.82, 2.24) is 5.32 Å². The normalized spacial score (nSPS) is 23.4. The van der Waals surface area contributed by atoms with Gasteiger partial charge in [-0.15, -0.1) is 0 Å². The smallest absolute Gasteiger partial charge is 0.0426 e. The van der Waals surface area contributed by atoms with Crippen LogP contribution in [0.3, 0.4) is 0 Å². The summed E-state index contributed by atoms with van der Waals surface area (Å²) < 4.78 is 0. The molecule has 2 atom stereocenters. The zero-order valence-corrected chi connectivity index (χ0v) is 13.7. The van der Waals surface area contributed by atoms with E-state index in [0.29, 0.717) is 6.04 Å². The molecule has 1 heterocycles. The SMILES string of the molecule is CC(C)CCNC1CC(C)CN(c2cccc(Cl)c2)C1. The van der Waals surface area contributed by atoms with Crippen LogP contribution in [-0.2, 0) is 0 Å². The maximum Gasteiger partial charge on any atom is 0.0426 e. The van der Waals surface area contributed by atoms with E-state index in [1.807, 2.05) is 12.1 Å². The maximum atomic E-state index is 6.11. The molecule has 112 valence electrons. The summed E-state index contributed by atoms with van der Waals surface area (Å²) in [5.74, 6) is 1.49. The fourth-order valence-electron chi connectivity index (χ4n) is 2.96. The van der Waals surface area contributed by atoms with Crippen LogP contribution in [0.5, 0.6) is 0 Å². The molecule has 0 amide bonds. The highest BCUT2D eigenvalue weighted by Crippen LogP contribution is 2.25. The molecule has 2 nitrogen and oxygen atoms in total. The first-order chi connectivity index (χ1) is 9.54. The van der Waals surface area contributed by atoms with E-state index in [1.165, 1.54) is 18.5 Å². The van der Waals surface area contributed by atoms with E-state index in [9.17, 15) is 0 Å². The lowest BCUT2D eigenvalue weighted by Gasteiger charge is -2.38. The predicted octanol–water partition coefficient (Wildman–Crippen LogP) is 4.19. The second-order valence-corrected chi connectivity index (χ2v) is 7.00. The summed E-state index contributed by atoms with van der Waals surface area (Å²) in [6, 6.07) is 8.81. The van der Waals surface area contributed by atoms with Gasteiger partial charge in [-0.2, -0.15) is 0 Å². The fourth-order valence-corrected chi connectivity index (χ4v) is 3.14. The third-order valence-electron chi connectivity index (χ3n) is 3.99. The van der Waals surface area contributed by atoms with Gasteiger partial charge in [0.25, 0.3) is 0 Å². The Bertz CT molecular complexity index is 419. The van der Waals surface area contributed by atoms with Gasteiger partial charge in [-0.3, -0.25) is 0 Å². The lowest BCUT2D eigenvalue weighted by atomic mass is 9.95. The van der Waals surface area contributed by atoms with E-state index in [-0.39, 0.29) is 0 Å². The zero-order chi connectivity index (χ0) is 14.5. The van der Waals surface area contributed by atoms with E-state index >= 15 is 0 Å². The highest BCUT2D eigenvalue weighted by Gasteiger charge is 2.24. The maximum absolute atomic E-state index is 6.11. The standard InChI is InChI=1S/C17H27ClN2/c1-13(2)7-8-19-16-9-14(3)11-20(12-16)17-6-4-5-15(18)10-17/h4-6,10,13-14,16,19H,7-9,11-12H2,1-3H3. The number of piperidine rings is 1. The van der Waals surface area contributed by atoms with Crippen molar-refractivity contribution < 1.29 is 0 Å². The van der Waals surface area contributed by atoms with Crippen LogP contribution in [0.1, 0.15) is 33.6 Å². The molecule has 1 saturated heterocycles. The number of hydrogen-bond acceptors (Lipinski definition) is 2. The van der Waals surface area contributed by atoms with E-state index in [4.69, 9.17) is 11.6 Å². The van der Waals surface area contributed by atoms with Gasteiger partial charge in [-0.05, 0) is 49.4 Å². The Morgan fingerprint density at radius 3 is 2.85 bits per heavy atom. The first-order valence-corrected chi connectivity index (χ1v) is 8.16. The molecule has 1 N–H and O–H groups in total. The Morgan fingerprint density at radius 1 is 1.35 bits per heavy atom. The molecule has 1 aliphatic heterocycles. The molecule has 0 spiro atoms. The summed E-state index contributed by atoms with van der Waals surface area (Å²) >= 11 is 6.11. The summed E-state index contributed by atoms with van der Waals surface area (Å²) in [7, 11) is 0. The van der Waals surface area contributed by atoms with Crippen molar-refractivity contribution >= 4 is 17.3 Å². The van der Waals surface area contributed by atoms with E-state index in [0.717, 1.165) is 36.5 Å². The molecule has 0 aliphatic carbocycles. The average molecular weight is 295 g/mol. The van der Waals surface area contributed by atoms with Gasteiger partial charge < -0.3 is 10.2 Å². The highest BCUT2D eigenvalue weighted by molar-refractivity contribution is 6.30. The molecular formula is C17H27ClN2. The minimum atomic E-state index is 0.594. The van der Waals surface area contributed by atoms with Gasteiger partial charge in [0.2, 0.25) is 0 Å². The number of benzene rings is 1. The van der Waals surface area contributed by atoms with Gasteiger partial charge in [0.1, 0.15) is 0 Å². The molecule has 3 heteroatoms.